The molecule has 0 aliphatic rings. The Labute approximate surface area is 290 Å². The van der Waals surface area contributed by atoms with Crippen LogP contribution in [0.3, 0.4) is 0 Å². The van der Waals surface area contributed by atoms with Gasteiger partial charge >= 0.3 is 11.9 Å². The van der Waals surface area contributed by atoms with E-state index in [4.69, 9.17) is 18.9 Å². The summed E-state index contributed by atoms with van der Waals surface area (Å²) in [7, 11) is 0. The van der Waals surface area contributed by atoms with Gasteiger partial charge in [0.2, 0.25) is 0 Å². The number of carbonyl (C=O) groups is 2. The molecule has 6 rings (SSSR count). The highest BCUT2D eigenvalue weighted by Crippen LogP contribution is 2.45. The summed E-state index contributed by atoms with van der Waals surface area (Å²) in [4.78, 5) is 26.5. The van der Waals surface area contributed by atoms with Gasteiger partial charge in [-0.05, 0) is 96.8 Å². The molecular formula is C42H38O8. The van der Waals surface area contributed by atoms with E-state index in [1.807, 2.05) is 60.7 Å². The largest absolute Gasteiger partial charge is 0.482 e. The van der Waals surface area contributed by atoms with E-state index in [2.05, 4.69) is 0 Å². The Morgan fingerprint density at radius 3 is 1.22 bits per heavy atom. The molecule has 254 valence electrons. The minimum Gasteiger partial charge on any atom is -0.482 e. The van der Waals surface area contributed by atoms with Crippen molar-refractivity contribution >= 4 is 33.5 Å². The normalized spacial score (nSPS) is 11.7. The maximum absolute atomic E-state index is 13.3. The lowest BCUT2D eigenvalue weighted by Crippen LogP contribution is -2.19. The zero-order valence-corrected chi connectivity index (χ0v) is 28.3. The summed E-state index contributed by atoms with van der Waals surface area (Å²) in [6.45, 7) is 6.04. The molecule has 8 nitrogen and oxygen atoms in total. The average Bonchev–Trinajstić information content (AvgIpc) is 3.09. The van der Waals surface area contributed by atoms with Crippen molar-refractivity contribution in [3.63, 3.8) is 0 Å². The molecule has 0 aliphatic heterocycles. The average molecular weight is 671 g/mol. The highest BCUT2D eigenvalue weighted by molar-refractivity contribution is 6.10. The van der Waals surface area contributed by atoms with E-state index in [0.29, 0.717) is 33.8 Å². The molecule has 6 aromatic carbocycles. The van der Waals surface area contributed by atoms with Crippen molar-refractivity contribution in [2.75, 3.05) is 13.2 Å². The molecule has 0 saturated heterocycles. The molecule has 0 atom stereocenters. The van der Waals surface area contributed by atoms with Crippen molar-refractivity contribution in [2.45, 2.75) is 38.9 Å². The number of hydrogen-bond acceptors (Lipinski definition) is 8. The van der Waals surface area contributed by atoms with Gasteiger partial charge in [-0.1, -0.05) is 84.9 Å². The van der Waals surface area contributed by atoms with Gasteiger partial charge in [0.15, 0.2) is 13.2 Å². The van der Waals surface area contributed by atoms with Crippen LogP contribution in [0.4, 0.5) is 0 Å². The molecule has 0 saturated carbocycles. The van der Waals surface area contributed by atoms with Crippen LogP contribution < -0.4 is 18.9 Å². The predicted molar refractivity (Wildman–Crippen MR) is 193 cm³/mol. The molecule has 0 bridgehead atoms. The van der Waals surface area contributed by atoms with E-state index in [0.717, 1.165) is 21.5 Å². The molecule has 0 fully saturated rings. The summed E-state index contributed by atoms with van der Waals surface area (Å²) in [6.07, 6.45) is 0. The number of fused-ring (bicyclic) bond motifs is 2. The lowest BCUT2D eigenvalue weighted by molar-refractivity contribution is -0.137. The number of hydrogen-bond donors (Lipinski definition) is 2. The summed E-state index contributed by atoms with van der Waals surface area (Å²) in [5.41, 5.74) is 0.578. The van der Waals surface area contributed by atoms with Crippen molar-refractivity contribution in [1.29, 1.82) is 0 Å². The maximum Gasteiger partial charge on any atom is 0.349 e. The van der Waals surface area contributed by atoms with Crippen LogP contribution in [0, 0.1) is 0 Å². The van der Waals surface area contributed by atoms with Crippen LogP contribution in [0.15, 0.2) is 121 Å². The minimum atomic E-state index is -1.00. The first-order valence-corrected chi connectivity index (χ1v) is 16.2. The molecule has 6 aromatic rings. The molecule has 50 heavy (non-hydrogen) atoms. The summed E-state index contributed by atoms with van der Waals surface area (Å²) >= 11 is 0. The van der Waals surface area contributed by atoms with Crippen LogP contribution in [0.1, 0.15) is 38.8 Å². The Kier molecular flexibility index (Phi) is 9.59. The highest BCUT2D eigenvalue weighted by atomic mass is 16.6. The van der Waals surface area contributed by atoms with Crippen LogP contribution >= 0.6 is 0 Å². The van der Waals surface area contributed by atoms with E-state index >= 15 is 0 Å². The third-order valence-corrected chi connectivity index (χ3v) is 8.31. The topological polar surface area (TPSA) is 112 Å². The second-order valence-electron chi connectivity index (χ2n) is 13.0. The molecule has 0 aromatic heterocycles. The van der Waals surface area contributed by atoms with Crippen LogP contribution in [-0.4, -0.2) is 35.4 Å². The van der Waals surface area contributed by atoms with E-state index in [-0.39, 0.29) is 24.7 Å². The summed E-state index contributed by atoms with van der Waals surface area (Å²) in [6, 6.07) is 36.3. The molecular weight excluding hydrogens is 632 g/mol. The van der Waals surface area contributed by atoms with Crippen molar-refractivity contribution in [1.82, 2.24) is 0 Å². The van der Waals surface area contributed by atoms with Gasteiger partial charge in [0.25, 0.3) is 0 Å². The fourth-order valence-electron chi connectivity index (χ4n) is 5.70. The molecule has 0 amide bonds. The van der Waals surface area contributed by atoms with E-state index < -0.39 is 23.1 Å². The van der Waals surface area contributed by atoms with Gasteiger partial charge < -0.3 is 29.2 Å². The van der Waals surface area contributed by atoms with Gasteiger partial charge in [-0.15, -0.1) is 0 Å². The van der Waals surface area contributed by atoms with E-state index in [9.17, 15) is 19.8 Å². The van der Waals surface area contributed by atoms with Gasteiger partial charge in [-0.25, -0.2) is 9.59 Å². The Morgan fingerprint density at radius 2 is 0.860 bits per heavy atom. The van der Waals surface area contributed by atoms with Gasteiger partial charge in [-0.3, -0.25) is 0 Å². The first-order chi connectivity index (χ1) is 23.9. The molecule has 0 aliphatic carbocycles. The Hall–Kier alpha value is -5.70. The number of aliphatic hydroxyl groups is 2. The summed E-state index contributed by atoms with van der Waals surface area (Å²) < 4.78 is 23.4. The summed E-state index contributed by atoms with van der Waals surface area (Å²) in [5.74, 6) is 0.185. The fourth-order valence-corrected chi connectivity index (χ4v) is 5.70. The van der Waals surface area contributed by atoms with Crippen LogP contribution in [0.25, 0.3) is 32.7 Å². The van der Waals surface area contributed by atoms with E-state index in [1.54, 1.807) is 88.4 Å². The van der Waals surface area contributed by atoms with Crippen molar-refractivity contribution < 1.29 is 38.7 Å². The molecule has 0 radical (unpaired) electrons. The Balaban J connectivity index is 1.30. The smallest absolute Gasteiger partial charge is 0.349 e. The molecule has 0 unspecified atom stereocenters. The van der Waals surface area contributed by atoms with Gasteiger partial charge in [0.05, 0.1) is 11.2 Å². The summed E-state index contributed by atoms with van der Waals surface area (Å²) in [5, 5.41) is 23.9. The molecule has 0 spiro atoms. The third-order valence-electron chi connectivity index (χ3n) is 8.31. The van der Waals surface area contributed by atoms with Crippen LogP contribution in [0.5, 0.6) is 23.0 Å². The quantitative estimate of drug-likeness (QED) is 0.105. The molecule has 8 heteroatoms. The highest BCUT2D eigenvalue weighted by Gasteiger charge is 2.23. The van der Waals surface area contributed by atoms with Gasteiger partial charge in [0, 0.05) is 11.1 Å². The maximum atomic E-state index is 13.3. The number of esters is 2. The second kappa shape index (κ2) is 14.0. The predicted octanol–water partition coefficient (Wildman–Crippen LogP) is 8.08. The van der Waals surface area contributed by atoms with E-state index in [1.165, 1.54) is 0 Å². The van der Waals surface area contributed by atoms with Crippen molar-refractivity contribution in [2.24, 2.45) is 0 Å². The SMILES string of the molecule is CC(C)(O)c1ccc(OCC(=O)Oc2ccc3ccccc3c2-c2c(OC(=O)COc3ccc(C(C)(C)O)cc3)ccc3ccccc23)cc1. The third kappa shape index (κ3) is 7.78. The number of rotatable bonds is 11. The first kappa shape index (κ1) is 34.2. The second-order valence-corrected chi connectivity index (χ2v) is 13.0. The van der Waals surface area contributed by atoms with Crippen molar-refractivity contribution in [3.8, 4) is 34.1 Å². The number of benzene rings is 6. The zero-order chi connectivity index (χ0) is 35.5. The fraction of sp³-hybridized carbons (Fsp3) is 0.190. The lowest BCUT2D eigenvalue weighted by atomic mass is 9.92. The minimum absolute atomic E-state index is 0.270. The number of carbonyl (C=O) groups excluding carboxylic acids is 2. The molecule has 0 heterocycles. The zero-order valence-electron chi connectivity index (χ0n) is 28.3. The van der Waals surface area contributed by atoms with Gasteiger partial charge in [0.1, 0.15) is 23.0 Å². The van der Waals surface area contributed by atoms with Crippen LogP contribution in [-0.2, 0) is 20.8 Å². The first-order valence-electron chi connectivity index (χ1n) is 16.2. The van der Waals surface area contributed by atoms with Gasteiger partial charge in [-0.2, -0.15) is 0 Å². The number of ether oxygens (including phenoxy) is 4. The monoisotopic (exact) mass is 670 g/mol. The Bertz CT molecular complexity index is 2000. The molecule has 2 N–H and O–H groups in total. The van der Waals surface area contributed by atoms with Crippen LogP contribution in [0.2, 0.25) is 0 Å². The lowest BCUT2D eigenvalue weighted by Gasteiger charge is -2.19. The standard InChI is InChI=1S/C42H38O8/c1-41(2,45)29-15-19-31(20-16-29)47-25-37(43)49-35-23-13-27-9-5-7-11-33(27)39(35)40-34-12-8-6-10-28(34)14-24-36(40)50-38(44)26-48-32-21-17-30(18-22-32)42(3,4)46/h5-24,45-46H,25-26H2,1-4H3. The Morgan fingerprint density at radius 1 is 0.500 bits per heavy atom. The van der Waals surface area contributed by atoms with Crippen molar-refractivity contribution in [3.05, 3.63) is 132 Å².